The van der Waals surface area contributed by atoms with Crippen molar-refractivity contribution in [1.29, 1.82) is 0 Å². The minimum absolute atomic E-state index is 0.300. The molecule has 1 N–H and O–H groups in total. The molecule has 2 aromatic heterocycles. The highest BCUT2D eigenvalue weighted by Gasteiger charge is 2.19. The summed E-state index contributed by atoms with van der Waals surface area (Å²) in [4.78, 5) is 17.4. The lowest BCUT2D eigenvalue weighted by atomic mass is 10.1. The van der Waals surface area contributed by atoms with Gasteiger partial charge in [-0.2, -0.15) is 0 Å². The molecule has 0 bridgehead atoms. The van der Waals surface area contributed by atoms with Crippen LogP contribution in [0.2, 0.25) is 0 Å². The quantitative estimate of drug-likeness (QED) is 0.602. The fraction of sp³-hybridized carbons (Fsp3) is 0.100. The summed E-state index contributed by atoms with van der Waals surface area (Å²) in [5, 5.41) is 4.95. The molecule has 4 nitrogen and oxygen atoms in total. The van der Waals surface area contributed by atoms with Crippen molar-refractivity contribution in [2.24, 2.45) is 0 Å². The lowest BCUT2D eigenvalue weighted by Crippen LogP contribution is -2.16. The number of carbonyl (C=O) groups excluding carboxylic acids is 1. The van der Waals surface area contributed by atoms with Crippen LogP contribution in [0.3, 0.4) is 0 Å². The SMILES string of the molecule is CCc1nc2ccc(F)cn2c1C(=O)Nc1cccc2ccccc12. The first kappa shape index (κ1) is 15.3. The lowest BCUT2D eigenvalue weighted by molar-refractivity contribution is 0.102. The second-order valence-corrected chi connectivity index (χ2v) is 5.82. The van der Waals surface area contributed by atoms with E-state index in [1.165, 1.54) is 16.7 Å². The molecular weight excluding hydrogens is 317 g/mol. The highest BCUT2D eigenvalue weighted by atomic mass is 19.1. The Bertz CT molecular complexity index is 1100. The van der Waals surface area contributed by atoms with Crippen LogP contribution in [-0.4, -0.2) is 15.3 Å². The maximum Gasteiger partial charge on any atom is 0.274 e. The fourth-order valence-electron chi connectivity index (χ4n) is 3.07. The van der Waals surface area contributed by atoms with Gasteiger partial charge in [0.25, 0.3) is 5.91 Å². The van der Waals surface area contributed by atoms with Crippen LogP contribution in [-0.2, 0) is 6.42 Å². The van der Waals surface area contributed by atoms with Crippen LogP contribution in [0.15, 0.2) is 60.8 Å². The first-order chi connectivity index (χ1) is 12.2. The van der Waals surface area contributed by atoms with Gasteiger partial charge in [-0.25, -0.2) is 9.37 Å². The molecule has 124 valence electrons. The van der Waals surface area contributed by atoms with Gasteiger partial charge in [-0.05, 0) is 30.0 Å². The number of amides is 1. The summed E-state index contributed by atoms with van der Waals surface area (Å²) in [5.74, 6) is -0.710. The zero-order valence-corrected chi connectivity index (χ0v) is 13.7. The van der Waals surface area contributed by atoms with Crippen molar-refractivity contribution in [3.05, 3.63) is 78.0 Å². The van der Waals surface area contributed by atoms with Gasteiger partial charge in [0.2, 0.25) is 0 Å². The zero-order valence-electron chi connectivity index (χ0n) is 13.7. The van der Waals surface area contributed by atoms with E-state index in [0.29, 0.717) is 23.5 Å². The molecule has 1 amide bonds. The Balaban J connectivity index is 1.81. The molecule has 0 aliphatic carbocycles. The summed E-state index contributed by atoms with van der Waals surface area (Å²) in [6.45, 7) is 1.92. The van der Waals surface area contributed by atoms with Gasteiger partial charge in [0.15, 0.2) is 0 Å². The molecular formula is C20H16FN3O. The average molecular weight is 333 g/mol. The third kappa shape index (κ3) is 2.63. The summed E-state index contributed by atoms with van der Waals surface area (Å²) < 4.78 is 15.2. The number of hydrogen-bond acceptors (Lipinski definition) is 2. The number of carbonyl (C=O) groups is 1. The summed E-state index contributed by atoms with van der Waals surface area (Å²) in [5.41, 5.74) is 2.28. The van der Waals surface area contributed by atoms with Crippen LogP contribution >= 0.6 is 0 Å². The predicted octanol–water partition coefficient (Wildman–Crippen LogP) is 4.44. The second kappa shape index (κ2) is 6.02. The molecule has 25 heavy (non-hydrogen) atoms. The maximum atomic E-state index is 13.6. The number of rotatable bonds is 3. The highest BCUT2D eigenvalue weighted by molar-refractivity contribution is 6.09. The van der Waals surface area contributed by atoms with Crippen LogP contribution in [0.1, 0.15) is 23.1 Å². The third-order valence-electron chi connectivity index (χ3n) is 4.24. The van der Waals surface area contributed by atoms with Gasteiger partial charge in [0.1, 0.15) is 17.2 Å². The Morgan fingerprint density at radius 2 is 1.92 bits per heavy atom. The summed E-state index contributed by atoms with van der Waals surface area (Å²) in [6.07, 6.45) is 1.88. The van der Waals surface area contributed by atoms with Crippen LogP contribution in [0.4, 0.5) is 10.1 Å². The van der Waals surface area contributed by atoms with Gasteiger partial charge in [-0.3, -0.25) is 9.20 Å². The number of benzene rings is 2. The molecule has 0 aliphatic heterocycles. The van der Waals surface area contributed by atoms with Crippen molar-refractivity contribution in [3.63, 3.8) is 0 Å². The number of hydrogen-bond donors (Lipinski definition) is 1. The molecule has 0 atom stereocenters. The molecule has 0 unspecified atom stereocenters. The maximum absolute atomic E-state index is 13.6. The smallest absolute Gasteiger partial charge is 0.274 e. The molecule has 0 aliphatic rings. The van der Waals surface area contributed by atoms with E-state index in [2.05, 4.69) is 10.3 Å². The van der Waals surface area contributed by atoms with Crippen molar-refractivity contribution in [2.45, 2.75) is 13.3 Å². The van der Waals surface area contributed by atoms with E-state index in [4.69, 9.17) is 0 Å². The molecule has 0 spiro atoms. The Morgan fingerprint density at radius 3 is 2.76 bits per heavy atom. The van der Waals surface area contributed by atoms with E-state index in [9.17, 15) is 9.18 Å². The standard InChI is InChI=1S/C20H16FN3O/c1-2-16-19(24-12-14(21)10-11-18(24)22-16)20(25)23-17-9-5-7-13-6-3-4-8-15(13)17/h3-12H,2H2,1H3,(H,23,25). The molecule has 4 aromatic rings. The van der Waals surface area contributed by atoms with Crippen LogP contribution in [0, 0.1) is 5.82 Å². The summed E-state index contributed by atoms with van der Waals surface area (Å²) >= 11 is 0. The fourth-order valence-corrected chi connectivity index (χ4v) is 3.07. The van der Waals surface area contributed by atoms with E-state index in [-0.39, 0.29) is 5.91 Å². The molecule has 2 aromatic carbocycles. The zero-order chi connectivity index (χ0) is 17.4. The van der Waals surface area contributed by atoms with E-state index in [1.807, 2.05) is 49.4 Å². The number of halogens is 1. The largest absolute Gasteiger partial charge is 0.320 e. The normalized spacial score (nSPS) is 11.1. The number of nitrogens with zero attached hydrogens (tertiary/aromatic N) is 2. The third-order valence-corrected chi connectivity index (χ3v) is 4.24. The molecule has 0 radical (unpaired) electrons. The minimum Gasteiger partial charge on any atom is -0.320 e. The lowest BCUT2D eigenvalue weighted by Gasteiger charge is -2.09. The number of aryl methyl sites for hydroxylation is 1. The van der Waals surface area contributed by atoms with Crippen LogP contribution in [0.25, 0.3) is 16.4 Å². The molecule has 0 saturated heterocycles. The Hall–Kier alpha value is -3.21. The van der Waals surface area contributed by atoms with Gasteiger partial charge >= 0.3 is 0 Å². The van der Waals surface area contributed by atoms with Crippen LogP contribution in [0.5, 0.6) is 0 Å². The average Bonchev–Trinajstić information content (AvgIpc) is 3.00. The summed E-state index contributed by atoms with van der Waals surface area (Å²) in [6, 6.07) is 16.5. The number of anilines is 1. The Kier molecular flexibility index (Phi) is 3.69. The Labute approximate surface area is 143 Å². The first-order valence-electron chi connectivity index (χ1n) is 8.13. The number of aromatic nitrogens is 2. The molecule has 0 saturated carbocycles. The van der Waals surface area contributed by atoms with E-state index in [0.717, 1.165) is 16.5 Å². The van der Waals surface area contributed by atoms with Gasteiger partial charge in [0.05, 0.1) is 5.69 Å². The number of fused-ring (bicyclic) bond motifs is 2. The molecule has 4 rings (SSSR count). The molecule has 2 heterocycles. The van der Waals surface area contributed by atoms with E-state index < -0.39 is 5.82 Å². The molecule has 0 fully saturated rings. The first-order valence-corrected chi connectivity index (χ1v) is 8.13. The predicted molar refractivity (Wildman–Crippen MR) is 96.4 cm³/mol. The van der Waals surface area contributed by atoms with Crippen molar-refractivity contribution >= 4 is 28.0 Å². The molecule has 5 heteroatoms. The van der Waals surface area contributed by atoms with E-state index in [1.54, 1.807) is 6.07 Å². The van der Waals surface area contributed by atoms with E-state index >= 15 is 0 Å². The number of imidazole rings is 1. The van der Waals surface area contributed by atoms with Crippen molar-refractivity contribution in [1.82, 2.24) is 9.38 Å². The monoisotopic (exact) mass is 333 g/mol. The number of nitrogens with one attached hydrogen (secondary N) is 1. The minimum atomic E-state index is -0.410. The van der Waals surface area contributed by atoms with Crippen molar-refractivity contribution < 1.29 is 9.18 Å². The van der Waals surface area contributed by atoms with Crippen LogP contribution < -0.4 is 5.32 Å². The number of pyridine rings is 1. The van der Waals surface area contributed by atoms with Gasteiger partial charge in [-0.15, -0.1) is 0 Å². The van der Waals surface area contributed by atoms with Gasteiger partial charge in [0, 0.05) is 17.3 Å². The van der Waals surface area contributed by atoms with Crippen molar-refractivity contribution in [2.75, 3.05) is 5.32 Å². The topological polar surface area (TPSA) is 46.4 Å². The second-order valence-electron chi connectivity index (χ2n) is 5.82. The Morgan fingerprint density at radius 1 is 1.12 bits per heavy atom. The highest BCUT2D eigenvalue weighted by Crippen LogP contribution is 2.24. The summed E-state index contributed by atoms with van der Waals surface area (Å²) in [7, 11) is 0. The van der Waals surface area contributed by atoms with Crippen molar-refractivity contribution in [3.8, 4) is 0 Å². The van der Waals surface area contributed by atoms with Gasteiger partial charge in [-0.1, -0.05) is 43.3 Å². The van der Waals surface area contributed by atoms with Gasteiger partial charge < -0.3 is 5.32 Å².